The molecule has 0 fully saturated rings. The van der Waals surface area contributed by atoms with Gasteiger partial charge in [-0.1, -0.05) is 36.4 Å². The molecule has 0 amide bonds. The number of nitrogens with zero attached hydrogens (tertiary/aromatic N) is 2. The van der Waals surface area contributed by atoms with E-state index in [9.17, 15) is 0 Å². The fourth-order valence-corrected chi connectivity index (χ4v) is 2.50. The summed E-state index contributed by atoms with van der Waals surface area (Å²) in [6, 6.07) is 16.6. The SMILES string of the molecule is ClCC(Cc1ccccc1)Nc1cccc2nccn12. The second-order valence-corrected chi connectivity index (χ2v) is 5.06. The van der Waals surface area contributed by atoms with Gasteiger partial charge in [0.05, 0.1) is 0 Å². The molecular weight excluding hydrogens is 270 g/mol. The first kappa shape index (κ1) is 13.0. The smallest absolute Gasteiger partial charge is 0.138 e. The largest absolute Gasteiger partial charge is 0.367 e. The second kappa shape index (κ2) is 5.97. The molecule has 1 aromatic carbocycles. The first-order valence-corrected chi connectivity index (χ1v) is 7.19. The van der Waals surface area contributed by atoms with E-state index in [0.29, 0.717) is 5.88 Å². The van der Waals surface area contributed by atoms with Crippen LogP contribution in [0.1, 0.15) is 5.56 Å². The zero-order chi connectivity index (χ0) is 13.8. The Kier molecular flexibility index (Phi) is 3.88. The molecular formula is C16H16ClN3. The second-order valence-electron chi connectivity index (χ2n) is 4.75. The minimum atomic E-state index is 0.187. The van der Waals surface area contributed by atoms with E-state index in [1.807, 2.05) is 34.9 Å². The highest BCUT2D eigenvalue weighted by Crippen LogP contribution is 2.14. The number of nitrogens with one attached hydrogen (secondary N) is 1. The Balaban J connectivity index is 1.79. The number of pyridine rings is 1. The monoisotopic (exact) mass is 285 g/mol. The minimum Gasteiger partial charge on any atom is -0.367 e. The molecule has 0 spiro atoms. The molecule has 0 saturated heterocycles. The predicted molar refractivity (Wildman–Crippen MR) is 83.5 cm³/mol. The van der Waals surface area contributed by atoms with Crippen molar-refractivity contribution in [3.05, 3.63) is 66.5 Å². The van der Waals surface area contributed by atoms with E-state index in [-0.39, 0.29) is 6.04 Å². The van der Waals surface area contributed by atoms with Crippen LogP contribution in [-0.4, -0.2) is 21.3 Å². The maximum Gasteiger partial charge on any atom is 0.138 e. The molecule has 0 saturated carbocycles. The first-order valence-electron chi connectivity index (χ1n) is 6.65. The molecule has 0 aliphatic carbocycles. The molecule has 2 aromatic heterocycles. The highest BCUT2D eigenvalue weighted by atomic mass is 35.5. The summed E-state index contributed by atoms with van der Waals surface area (Å²) in [6.45, 7) is 0. The summed E-state index contributed by atoms with van der Waals surface area (Å²) in [5.74, 6) is 1.57. The van der Waals surface area contributed by atoms with Crippen molar-refractivity contribution in [1.82, 2.24) is 9.38 Å². The number of halogens is 1. The standard InChI is InChI=1S/C16H16ClN3/c17-12-14(11-13-5-2-1-3-6-13)19-16-8-4-7-15-18-9-10-20(15)16/h1-10,14,19H,11-12H2. The van der Waals surface area contributed by atoms with Gasteiger partial charge in [-0.05, 0) is 24.1 Å². The molecule has 3 rings (SSSR count). The summed E-state index contributed by atoms with van der Waals surface area (Å²) < 4.78 is 2.03. The van der Waals surface area contributed by atoms with Gasteiger partial charge in [-0.25, -0.2) is 4.98 Å². The van der Waals surface area contributed by atoms with Crippen LogP contribution in [0.2, 0.25) is 0 Å². The van der Waals surface area contributed by atoms with Crippen molar-refractivity contribution in [2.45, 2.75) is 12.5 Å². The summed E-state index contributed by atoms with van der Waals surface area (Å²) in [6.07, 6.45) is 4.65. The number of imidazole rings is 1. The van der Waals surface area contributed by atoms with Crippen LogP contribution in [0.25, 0.3) is 5.65 Å². The topological polar surface area (TPSA) is 29.3 Å². The Morgan fingerprint density at radius 3 is 2.75 bits per heavy atom. The molecule has 0 bridgehead atoms. The molecule has 1 atom stereocenters. The van der Waals surface area contributed by atoms with Gasteiger partial charge in [-0.15, -0.1) is 11.6 Å². The highest BCUT2D eigenvalue weighted by Gasteiger charge is 2.10. The minimum absolute atomic E-state index is 0.187. The van der Waals surface area contributed by atoms with Crippen molar-refractivity contribution in [2.24, 2.45) is 0 Å². The zero-order valence-electron chi connectivity index (χ0n) is 11.0. The lowest BCUT2D eigenvalue weighted by atomic mass is 10.1. The normalized spacial score (nSPS) is 12.4. The van der Waals surface area contributed by atoms with Gasteiger partial charge in [-0.2, -0.15) is 0 Å². The van der Waals surface area contributed by atoms with E-state index < -0.39 is 0 Å². The predicted octanol–water partition coefficient (Wildman–Crippen LogP) is 3.60. The third kappa shape index (κ3) is 2.78. The lowest BCUT2D eigenvalue weighted by Gasteiger charge is -2.18. The number of alkyl halides is 1. The summed E-state index contributed by atoms with van der Waals surface area (Å²) in [4.78, 5) is 4.29. The fourth-order valence-electron chi connectivity index (χ4n) is 2.32. The number of hydrogen-bond donors (Lipinski definition) is 1. The summed E-state index contributed by atoms with van der Waals surface area (Å²) in [5, 5.41) is 3.50. The molecule has 0 radical (unpaired) electrons. The van der Waals surface area contributed by atoms with Crippen LogP contribution in [0.5, 0.6) is 0 Å². The van der Waals surface area contributed by atoms with Gasteiger partial charge in [-0.3, -0.25) is 4.40 Å². The van der Waals surface area contributed by atoms with Crippen LogP contribution in [0.15, 0.2) is 60.9 Å². The number of anilines is 1. The summed E-state index contributed by atoms with van der Waals surface area (Å²) in [5.41, 5.74) is 2.21. The molecule has 1 unspecified atom stereocenters. The third-order valence-electron chi connectivity index (χ3n) is 3.29. The van der Waals surface area contributed by atoms with E-state index in [0.717, 1.165) is 17.9 Å². The lowest BCUT2D eigenvalue weighted by Crippen LogP contribution is -2.25. The molecule has 0 aliphatic rings. The third-order valence-corrected chi connectivity index (χ3v) is 3.66. The Morgan fingerprint density at radius 1 is 1.10 bits per heavy atom. The van der Waals surface area contributed by atoms with Crippen LogP contribution < -0.4 is 5.32 Å². The molecule has 0 aliphatic heterocycles. The number of aromatic nitrogens is 2. The van der Waals surface area contributed by atoms with Crippen molar-refractivity contribution >= 4 is 23.1 Å². The summed E-state index contributed by atoms with van der Waals surface area (Å²) in [7, 11) is 0. The lowest BCUT2D eigenvalue weighted by molar-refractivity contribution is 0.788. The van der Waals surface area contributed by atoms with E-state index in [2.05, 4.69) is 34.6 Å². The quantitative estimate of drug-likeness (QED) is 0.726. The van der Waals surface area contributed by atoms with Crippen molar-refractivity contribution in [1.29, 1.82) is 0 Å². The van der Waals surface area contributed by atoms with Crippen molar-refractivity contribution in [3.8, 4) is 0 Å². The molecule has 4 heteroatoms. The molecule has 1 N–H and O–H groups in total. The number of fused-ring (bicyclic) bond motifs is 1. The molecule has 102 valence electrons. The van der Waals surface area contributed by atoms with Gasteiger partial charge in [0.2, 0.25) is 0 Å². The molecule has 20 heavy (non-hydrogen) atoms. The maximum absolute atomic E-state index is 6.11. The summed E-state index contributed by atoms with van der Waals surface area (Å²) >= 11 is 6.11. The van der Waals surface area contributed by atoms with Gasteiger partial charge in [0.1, 0.15) is 11.5 Å². The fraction of sp³-hybridized carbons (Fsp3) is 0.188. The van der Waals surface area contributed by atoms with Gasteiger partial charge < -0.3 is 5.32 Å². The van der Waals surface area contributed by atoms with Gasteiger partial charge >= 0.3 is 0 Å². The average molecular weight is 286 g/mol. The van der Waals surface area contributed by atoms with Crippen molar-refractivity contribution in [2.75, 3.05) is 11.2 Å². The van der Waals surface area contributed by atoms with Crippen LogP contribution >= 0.6 is 11.6 Å². The first-order chi connectivity index (χ1) is 9.86. The van der Waals surface area contributed by atoms with E-state index in [1.54, 1.807) is 6.20 Å². The molecule has 2 heterocycles. The van der Waals surface area contributed by atoms with E-state index in [4.69, 9.17) is 11.6 Å². The Morgan fingerprint density at radius 2 is 1.95 bits per heavy atom. The van der Waals surface area contributed by atoms with Crippen molar-refractivity contribution in [3.63, 3.8) is 0 Å². The van der Waals surface area contributed by atoms with Crippen LogP contribution in [0.4, 0.5) is 5.82 Å². The Hall–Kier alpha value is -2.00. The van der Waals surface area contributed by atoms with Gasteiger partial charge in [0.25, 0.3) is 0 Å². The van der Waals surface area contributed by atoms with E-state index >= 15 is 0 Å². The van der Waals surface area contributed by atoms with Gasteiger partial charge in [0, 0.05) is 24.3 Å². The molecule has 3 nitrogen and oxygen atoms in total. The van der Waals surface area contributed by atoms with Crippen LogP contribution in [0.3, 0.4) is 0 Å². The number of benzene rings is 1. The van der Waals surface area contributed by atoms with Crippen LogP contribution in [0, 0.1) is 0 Å². The Bertz CT molecular complexity index is 678. The number of hydrogen-bond acceptors (Lipinski definition) is 2. The Labute approximate surface area is 123 Å². The van der Waals surface area contributed by atoms with Gasteiger partial charge in [0.15, 0.2) is 0 Å². The van der Waals surface area contributed by atoms with Crippen LogP contribution in [-0.2, 0) is 6.42 Å². The van der Waals surface area contributed by atoms with E-state index in [1.165, 1.54) is 5.56 Å². The zero-order valence-corrected chi connectivity index (χ0v) is 11.8. The maximum atomic E-state index is 6.11. The van der Waals surface area contributed by atoms with Crippen molar-refractivity contribution < 1.29 is 0 Å². The molecule has 3 aromatic rings. The number of rotatable bonds is 5. The average Bonchev–Trinajstić information content (AvgIpc) is 2.97. The highest BCUT2D eigenvalue weighted by molar-refractivity contribution is 6.18.